The average molecular weight is 397 g/mol. The zero-order valence-corrected chi connectivity index (χ0v) is 16.6. The maximum atomic E-state index is 13.3. The van der Waals surface area contributed by atoms with E-state index in [1.165, 1.54) is 0 Å². The van der Waals surface area contributed by atoms with Gasteiger partial charge in [0, 0.05) is 10.9 Å². The van der Waals surface area contributed by atoms with Crippen molar-refractivity contribution < 1.29 is 13.9 Å². The van der Waals surface area contributed by atoms with Gasteiger partial charge < -0.3 is 14.5 Å². The molecule has 0 saturated heterocycles. The number of hydrogen-bond acceptors (Lipinski definition) is 3. The first kappa shape index (κ1) is 18.5. The quantitative estimate of drug-likeness (QED) is 0.423. The molecule has 4 nitrogen and oxygen atoms in total. The zero-order chi connectivity index (χ0) is 20.3. The number of rotatable bonds is 7. The number of ether oxygens (including phenoxy) is 1. The van der Waals surface area contributed by atoms with Crippen LogP contribution in [-0.4, -0.2) is 5.91 Å². The summed E-state index contributed by atoms with van der Waals surface area (Å²) in [6.45, 7) is 0.267. The molecule has 3 aromatic carbocycles. The van der Waals surface area contributed by atoms with Crippen LogP contribution in [0.4, 0.5) is 0 Å². The number of furan rings is 1. The average Bonchev–Trinajstić information content (AvgIpc) is 3.57. The van der Waals surface area contributed by atoms with Crippen molar-refractivity contribution in [1.29, 1.82) is 0 Å². The summed E-state index contributed by atoms with van der Waals surface area (Å²) < 4.78 is 12.0. The van der Waals surface area contributed by atoms with Crippen molar-refractivity contribution in [2.45, 2.75) is 25.5 Å². The standard InChI is InChI=1S/C26H23NO3/c28-26(27-24(19-15-16-19)18-9-3-1-4-10-18)25-22(17-29-20-11-5-2-6-12-20)21-13-7-8-14-23(21)30-25/h1-14,19,24H,15-17H2,(H,27,28). The third kappa shape index (κ3) is 3.81. The van der Waals surface area contributed by atoms with Crippen molar-refractivity contribution >= 4 is 16.9 Å². The number of fused-ring (bicyclic) bond motifs is 1. The number of nitrogens with one attached hydrogen (secondary N) is 1. The lowest BCUT2D eigenvalue weighted by Crippen LogP contribution is -2.30. The lowest BCUT2D eigenvalue weighted by atomic mass is 10.0. The van der Waals surface area contributed by atoms with E-state index in [1.807, 2.05) is 72.8 Å². The molecule has 5 rings (SSSR count). The Morgan fingerprint density at radius 1 is 0.933 bits per heavy atom. The summed E-state index contributed by atoms with van der Waals surface area (Å²) in [6.07, 6.45) is 2.26. The van der Waals surface area contributed by atoms with Crippen LogP contribution in [0.2, 0.25) is 0 Å². The van der Waals surface area contributed by atoms with E-state index in [1.54, 1.807) is 0 Å². The van der Waals surface area contributed by atoms with Gasteiger partial charge in [-0.1, -0.05) is 66.7 Å². The van der Waals surface area contributed by atoms with E-state index in [4.69, 9.17) is 9.15 Å². The Bertz CT molecular complexity index is 1150. The largest absolute Gasteiger partial charge is 0.489 e. The van der Waals surface area contributed by atoms with Gasteiger partial charge in [0.05, 0.1) is 6.04 Å². The van der Waals surface area contributed by atoms with E-state index in [-0.39, 0.29) is 18.6 Å². The molecule has 1 fully saturated rings. The van der Waals surface area contributed by atoms with Crippen LogP contribution in [0, 0.1) is 5.92 Å². The number of amides is 1. The lowest BCUT2D eigenvalue weighted by molar-refractivity contribution is 0.0902. The molecule has 1 aliphatic rings. The SMILES string of the molecule is O=C(NC(c1ccccc1)C1CC1)c1oc2ccccc2c1COc1ccccc1. The summed E-state index contributed by atoms with van der Waals surface area (Å²) in [5, 5.41) is 4.13. The zero-order valence-electron chi connectivity index (χ0n) is 16.6. The summed E-state index contributed by atoms with van der Waals surface area (Å²) >= 11 is 0. The van der Waals surface area contributed by atoms with E-state index in [0.29, 0.717) is 17.3 Å². The lowest BCUT2D eigenvalue weighted by Gasteiger charge is -2.18. The summed E-state index contributed by atoms with van der Waals surface area (Å²) in [5.74, 6) is 1.37. The second-order valence-electron chi connectivity index (χ2n) is 7.71. The first-order chi connectivity index (χ1) is 14.8. The van der Waals surface area contributed by atoms with Gasteiger partial charge in [0.1, 0.15) is 17.9 Å². The van der Waals surface area contributed by atoms with Gasteiger partial charge in [-0.05, 0) is 42.5 Å². The predicted molar refractivity (Wildman–Crippen MR) is 116 cm³/mol. The minimum Gasteiger partial charge on any atom is -0.489 e. The van der Waals surface area contributed by atoms with Gasteiger partial charge in [-0.3, -0.25) is 4.79 Å². The highest BCUT2D eigenvalue weighted by Crippen LogP contribution is 2.41. The predicted octanol–water partition coefficient (Wildman–Crippen LogP) is 5.89. The molecular formula is C26H23NO3. The van der Waals surface area contributed by atoms with Gasteiger partial charge in [-0.2, -0.15) is 0 Å². The molecule has 1 N–H and O–H groups in total. The molecule has 1 saturated carbocycles. The summed E-state index contributed by atoms with van der Waals surface area (Å²) in [6, 6.07) is 27.5. The Morgan fingerprint density at radius 2 is 1.60 bits per heavy atom. The highest BCUT2D eigenvalue weighted by Gasteiger charge is 2.34. The van der Waals surface area contributed by atoms with Crippen LogP contribution in [0.3, 0.4) is 0 Å². The van der Waals surface area contributed by atoms with E-state index < -0.39 is 0 Å². The van der Waals surface area contributed by atoms with Gasteiger partial charge >= 0.3 is 0 Å². The van der Waals surface area contributed by atoms with Crippen molar-refractivity contribution in [3.8, 4) is 5.75 Å². The van der Waals surface area contributed by atoms with Gasteiger partial charge in [-0.25, -0.2) is 0 Å². The van der Waals surface area contributed by atoms with E-state index >= 15 is 0 Å². The molecule has 30 heavy (non-hydrogen) atoms. The van der Waals surface area contributed by atoms with Gasteiger partial charge in [0.15, 0.2) is 5.76 Å². The fourth-order valence-electron chi connectivity index (χ4n) is 3.87. The van der Waals surface area contributed by atoms with Crippen molar-refractivity contribution in [3.05, 3.63) is 102 Å². The van der Waals surface area contributed by atoms with E-state index in [0.717, 1.165) is 35.1 Å². The summed E-state index contributed by atoms with van der Waals surface area (Å²) in [7, 11) is 0. The molecule has 0 bridgehead atoms. The molecule has 1 unspecified atom stereocenters. The molecule has 1 amide bonds. The van der Waals surface area contributed by atoms with Crippen LogP contribution in [-0.2, 0) is 6.61 Å². The van der Waals surface area contributed by atoms with Crippen molar-refractivity contribution in [2.24, 2.45) is 5.92 Å². The second-order valence-corrected chi connectivity index (χ2v) is 7.71. The molecule has 0 radical (unpaired) electrons. The third-order valence-electron chi connectivity index (χ3n) is 5.57. The molecule has 0 spiro atoms. The Morgan fingerprint density at radius 3 is 2.33 bits per heavy atom. The van der Waals surface area contributed by atoms with Crippen LogP contribution >= 0.6 is 0 Å². The smallest absolute Gasteiger partial charge is 0.287 e. The topological polar surface area (TPSA) is 51.5 Å². The maximum absolute atomic E-state index is 13.3. The molecule has 1 heterocycles. The molecule has 150 valence electrons. The highest BCUT2D eigenvalue weighted by atomic mass is 16.5. The minimum absolute atomic E-state index is 0.00481. The molecule has 1 aromatic heterocycles. The van der Waals surface area contributed by atoms with Crippen LogP contribution in [0.25, 0.3) is 11.0 Å². The normalized spacial score (nSPS) is 14.4. The fraction of sp³-hybridized carbons (Fsp3) is 0.192. The summed E-state index contributed by atoms with van der Waals surface area (Å²) in [5.41, 5.74) is 2.60. The second kappa shape index (κ2) is 8.07. The number of para-hydroxylation sites is 2. The van der Waals surface area contributed by atoms with E-state index in [9.17, 15) is 4.79 Å². The maximum Gasteiger partial charge on any atom is 0.287 e. The van der Waals surface area contributed by atoms with Gasteiger partial charge in [0.25, 0.3) is 5.91 Å². The molecule has 1 aliphatic carbocycles. The molecule has 1 atom stereocenters. The number of carbonyl (C=O) groups excluding carboxylic acids is 1. The number of benzene rings is 3. The monoisotopic (exact) mass is 397 g/mol. The van der Waals surface area contributed by atoms with E-state index in [2.05, 4.69) is 17.4 Å². The Labute approximate surface area is 175 Å². The number of carbonyl (C=O) groups is 1. The highest BCUT2D eigenvalue weighted by molar-refractivity contribution is 5.99. The van der Waals surface area contributed by atoms with Crippen LogP contribution in [0.5, 0.6) is 5.75 Å². The van der Waals surface area contributed by atoms with Crippen LogP contribution in [0.15, 0.2) is 89.3 Å². The molecule has 4 heteroatoms. The van der Waals surface area contributed by atoms with Gasteiger partial charge in [0.2, 0.25) is 0 Å². The van der Waals surface area contributed by atoms with Crippen molar-refractivity contribution in [3.63, 3.8) is 0 Å². The van der Waals surface area contributed by atoms with Crippen molar-refractivity contribution in [1.82, 2.24) is 5.32 Å². The third-order valence-corrected chi connectivity index (χ3v) is 5.57. The minimum atomic E-state index is -0.196. The first-order valence-electron chi connectivity index (χ1n) is 10.3. The molecule has 0 aliphatic heterocycles. The number of hydrogen-bond donors (Lipinski definition) is 1. The Balaban J connectivity index is 1.44. The first-order valence-corrected chi connectivity index (χ1v) is 10.3. The van der Waals surface area contributed by atoms with Crippen molar-refractivity contribution in [2.75, 3.05) is 0 Å². The Kier molecular flexibility index (Phi) is 4.98. The summed E-state index contributed by atoms with van der Waals surface area (Å²) in [4.78, 5) is 13.3. The Hall–Kier alpha value is -3.53. The van der Waals surface area contributed by atoms with Gasteiger partial charge in [-0.15, -0.1) is 0 Å². The molecule has 4 aromatic rings. The fourth-order valence-corrected chi connectivity index (χ4v) is 3.87. The molecular weight excluding hydrogens is 374 g/mol. The van der Waals surface area contributed by atoms with Crippen LogP contribution < -0.4 is 10.1 Å². The van der Waals surface area contributed by atoms with Crippen LogP contribution in [0.1, 0.15) is 40.6 Å².